The number of terminal acetylenes is 1. The Labute approximate surface area is 214 Å². The molecule has 4 N–H and O–H groups in total. The van der Waals surface area contributed by atoms with Crippen molar-refractivity contribution in [2.45, 2.75) is 65.0 Å². The lowest BCUT2D eigenvalue weighted by atomic mass is 10.1. The Morgan fingerprint density at radius 3 is 2.69 bits per heavy atom. The molecule has 196 valence electrons. The minimum Gasteiger partial charge on any atom is -0.491 e. The topological polar surface area (TPSA) is 106 Å². The molecule has 0 bridgehead atoms. The van der Waals surface area contributed by atoms with Gasteiger partial charge in [0.25, 0.3) is 0 Å². The van der Waals surface area contributed by atoms with Crippen LogP contribution in [0.15, 0.2) is 36.7 Å². The first kappa shape index (κ1) is 30.8. The molecule has 0 aliphatic carbocycles. The number of aldehydes is 1. The Morgan fingerprint density at radius 2 is 2.03 bits per heavy atom. The molecular formula is C28H39FN4O3. The van der Waals surface area contributed by atoms with E-state index in [0.29, 0.717) is 25.7 Å². The van der Waals surface area contributed by atoms with Gasteiger partial charge < -0.3 is 25.9 Å². The predicted octanol–water partition coefficient (Wildman–Crippen LogP) is 3.47. The molecule has 0 saturated heterocycles. The third kappa shape index (κ3) is 13.6. The van der Waals surface area contributed by atoms with E-state index in [-0.39, 0.29) is 30.3 Å². The Bertz CT molecular complexity index is 962. The van der Waals surface area contributed by atoms with Crippen LogP contribution in [0.25, 0.3) is 0 Å². The second kappa shape index (κ2) is 19.0. The molecule has 36 heavy (non-hydrogen) atoms. The van der Waals surface area contributed by atoms with E-state index in [1.165, 1.54) is 17.2 Å². The van der Waals surface area contributed by atoms with Gasteiger partial charge in [0, 0.05) is 31.8 Å². The molecule has 0 aliphatic rings. The summed E-state index contributed by atoms with van der Waals surface area (Å²) in [5.74, 6) is 1.92. The highest BCUT2D eigenvalue weighted by molar-refractivity contribution is 5.79. The van der Waals surface area contributed by atoms with Gasteiger partial charge in [-0.2, -0.15) is 0 Å². The van der Waals surface area contributed by atoms with Gasteiger partial charge in [0.2, 0.25) is 5.91 Å². The van der Waals surface area contributed by atoms with Gasteiger partial charge in [-0.15, -0.1) is 12.3 Å². The van der Waals surface area contributed by atoms with E-state index >= 15 is 0 Å². The van der Waals surface area contributed by atoms with Crippen LogP contribution in [0.4, 0.5) is 4.39 Å². The van der Waals surface area contributed by atoms with Gasteiger partial charge in [-0.05, 0) is 74.5 Å². The highest BCUT2D eigenvalue weighted by atomic mass is 19.1. The minimum atomic E-state index is -0.629. The Hall–Kier alpha value is -3.28. The molecule has 1 amide bonds. The van der Waals surface area contributed by atoms with Crippen LogP contribution in [0.2, 0.25) is 0 Å². The van der Waals surface area contributed by atoms with E-state index < -0.39 is 6.04 Å². The maximum atomic E-state index is 13.5. The second-order valence-corrected chi connectivity index (χ2v) is 8.33. The normalized spacial score (nSPS) is 11.0. The maximum absolute atomic E-state index is 13.5. The van der Waals surface area contributed by atoms with E-state index in [1.54, 1.807) is 19.1 Å². The number of aromatic nitrogens is 1. The summed E-state index contributed by atoms with van der Waals surface area (Å²) < 4.78 is 18.8. The van der Waals surface area contributed by atoms with Crippen molar-refractivity contribution < 1.29 is 18.7 Å². The van der Waals surface area contributed by atoms with Crippen LogP contribution in [0.5, 0.6) is 5.75 Å². The molecule has 1 aromatic carbocycles. The number of carbonyl (C=O) groups excluding carboxylic acids is 2. The Kier molecular flexibility index (Phi) is 16.2. The fourth-order valence-corrected chi connectivity index (χ4v) is 3.12. The third-order valence-corrected chi connectivity index (χ3v) is 5.14. The van der Waals surface area contributed by atoms with Gasteiger partial charge >= 0.3 is 0 Å². The van der Waals surface area contributed by atoms with Crippen LogP contribution in [-0.2, 0) is 22.6 Å². The first-order valence-corrected chi connectivity index (χ1v) is 12.3. The molecule has 1 atom stereocenters. The molecule has 7 nitrogen and oxygen atoms in total. The van der Waals surface area contributed by atoms with Crippen molar-refractivity contribution in [1.82, 2.24) is 15.6 Å². The number of amides is 1. The molecule has 0 saturated carbocycles. The van der Waals surface area contributed by atoms with Gasteiger partial charge in [0.15, 0.2) is 11.6 Å². The molecule has 1 aromatic heterocycles. The predicted molar refractivity (Wildman–Crippen MR) is 141 cm³/mol. The number of hydrogen-bond donors (Lipinski definition) is 3. The molecule has 2 aromatic rings. The van der Waals surface area contributed by atoms with E-state index in [0.717, 1.165) is 38.0 Å². The molecule has 0 radical (unpaired) electrons. The zero-order valence-electron chi connectivity index (χ0n) is 21.4. The number of unbranched alkanes of at least 4 members (excludes halogenated alkanes) is 1. The van der Waals surface area contributed by atoms with E-state index in [9.17, 15) is 14.0 Å². The molecule has 0 fully saturated rings. The summed E-state index contributed by atoms with van der Waals surface area (Å²) in [4.78, 5) is 26.4. The smallest absolute Gasteiger partial charge is 0.220 e. The number of rotatable bonds is 15. The summed E-state index contributed by atoms with van der Waals surface area (Å²) in [6.07, 6.45) is 13.3. The summed E-state index contributed by atoms with van der Waals surface area (Å²) in [6.45, 7) is 6.89. The molecule has 1 heterocycles. The first-order chi connectivity index (χ1) is 17.4. The van der Waals surface area contributed by atoms with Gasteiger partial charge in [-0.3, -0.25) is 9.78 Å². The SMILES string of the molecule is C#CCC(C=O)NC(=O)CCCCOc1ccc(C)cc1F.CCc1cncc(CNCCCN)c1. The van der Waals surface area contributed by atoms with E-state index in [1.807, 2.05) is 12.4 Å². The average molecular weight is 499 g/mol. The molecule has 0 spiro atoms. The fourth-order valence-electron chi connectivity index (χ4n) is 3.12. The van der Waals surface area contributed by atoms with Crippen molar-refractivity contribution in [1.29, 1.82) is 0 Å². The Balaban J connectivity index is 0.000000397. The molecule has 1 unspecified atom stereocenters. The summed E-state index contributed by atoms with van der Waals surface area (Å²) >= 11 is 0. The number of nitrogens with zero attached hydrogens (tertiary/aromatic N) is 1. The summed E-state index contributed by atoms with van der Waals surface area (Å²) in [5.41, 5.74) is 8.78. The van der Waals surface area contributed by atoms with Gasteiger partial charge in [0.05, 0.1) is 12.6 Å². The summed E-state index contributed by atoms with van der Waals surface area (Å²) in [7, 11) is 0. The van der Waals surface area contributed by atoms with Gasteiger partial charge in [-0.1, -0.05) is 19.1 Å². The number of benzene rings is 1. The second-order valence-electron chi connectivity index (χ2n) is 8.33. The average Bonchev–Trinajstić information content (AvgIpc) is 2.88. The van der Waals surface area contributed by atoms with Gasteiger partial charge in [-0.25, -0.2) is 4.39 Å². The van der Waals surface area contributed by atoms with Crippen molar-refractivity contribution in [2.75, 3.05) is 19.7 Å². The first-order valence-electron chi connectivity index (χ1n) is 12.3. The lowest BCUT2D eigenvalue weighted by Crippen LogP contribution is -2.35. The summed E-state index contributed by atoms with van der Waals surface area (Å²) in [6, 6.07) is 6.34. The number of nitrogens with one attached hydrogen (secondary N) is 2. The lowest BCUT2D eigenvalue weighted by Gasteiger charge is -2.10. The van der Waals surface area contributed by atoms with E-state index in [2.05, 4.69) is 34.5 Å². The molecule has 2 rings (SSSR count). The number of nitrogens with two attached hydrogens (primary N) is 1. The number of halogens is 1. The third-order valence-electron chi connectivity index (χ3n) is 5.14. The van der Waals surface area contributed by atoms with Crippen LogP contribution < -0.4 is 21.1 Å². The number of ether oxygens (including phenoxy) is 1. The fraction of sp³-hybridized carbons (Fsp3) is 0.464. The molecule has 8 heteroatoms. The quantitative estimate of drug-likeness (QED) is 0.197. The van der Waals surface area contributed by atoms with Crippen LogP contribution in [-0.4, -0.2) is 42.9 Å². The van der Waals surface area contributed by atoms with Crippen LogP contribution >= 0.6 is 0 Å². The Morgan fingerprint density at radius 1 is 1.25 bits per heavy atom. The van der Waals surface area contributed by atoms with Gasteiger partial charge in [0.1, 0.15) is 6.29 Å². The number of carbonyl (C=O) groups is 2. The number of aryl methyl sites for hydroxylation is 2. The number of hydrogen-bond acceptors (Lipinski definition) is 6. The van der Waals surface area contributed by atoms with Crippen molar-refractivity contribution >= 4 is 12.2 Å². The highest BCUT2D eigenvalue weighted by Crippen LogP contribution is 2.18. The molecule has 0 aliphatic heterocycles. The van der Waals surface area contributed by atoms with E-state index in [4.69, 9.17) is 16.9 Å². The molecular weight excluding hydrogens is 459 g/mol. The lowest BCUT2D eigenvalue weighted by molar-refractivity contribution is -0.124. The zero-order valence-corrected chi connectivity index (χ0v) is 21.4. The van der Waals surface area contributed by atoms with Crippen molar-refractivity contribution in [2.24, 2.45) is 5.73 Å². The summed E-state index contributed by atoms with van der Waals surface area (Å²) in [5, 5.41) is 5.88. The minimum absolute atomic E-state index is 0.186. The monoisotopic (exact) mass is 498 g/mol. The largest absolute Gasteiger partial charge is 0.491 e. The van der Waals surface area contributed by atoms with Crippen molar-refractivity contribution in [3.8, 4) is 18.1 Å². The van der Waals surface area contributed by atoms with Crippen molar-refractivity contribution in [3.63, 3.8) is 0 Å². The zero-order chi connectivity index (χ0) is 26.6. The van der Waals surface area contributed by atoms with Crippen LogP contribution in [0.3, 0.4) is 0 Å². The maximum Gasteiger partial charge on any atom is 0.220 e. The van der Waals surface area contributed by atoms with Crippen molar-refractivity contribution in [3.05, 3.63) is 59.2 Å². The highest BCUT2D eigenvalue weighted by Gasteiger charge is 2.09. The number of pyridine rings is 1. The van der Waals surface area contributed by atoms with Crippen LogP contribution in [0.1, 0.15) is 55.7 Å². The standard InChI is InChI=1S/C17H20FNO3.C11H19N3/c1-3-6-14(12-20)19-17(21)7-4-5-10-22-16-9-8-13(2)11-15(16)18;1-2-10-6-11(9-14-7-10)8-13-5-3-4-12/h1,8-9,11-12,14H,4-7,10H2,2H3,(H,19,21);6-7,9,13H,2-5,8,12H2,1H3. The van der Waals surface area contributed by atoms with Crippen LogP contribution in [0, 0.1) is 25.1 Å².